The van der Waals surface area contributed by atoms with Gasteiger partial charge in [-0.2, -0.15) is 5.10 Å². The molecule has 0 aliphatic heterocycles. The van der Waals surface area contributed by atoms with Gasteiger partial charge in [0.25, 0.3) is 0 Å². The van der Waals surface area contributed by atoms with Gasteiger partial charge in [0.05, 0.1) is 6.20 Å². The molecule has 8 nitrogen and oxygen atoms in total. The van der Waals surface area contributed by atoms with Gasteiger partial charge in [-0.25, -0.2) is 9.97 Å². The van der Waals surface area contributed by atoms with Crippen LogP contribution in [0.15, 0.2) is 49.4 Å². The molecular formula is C16H19N7O. The van der Waals surface area contributed by atoms with E-state index in [0.29, 0.717) is 6.54 Å². The van der Waals surface area contributed by atoms with Gasteiger partial charge in [-0.1, -0.05) is 6.07 Å². The molecule has 0 saturated carbocycles. The summed E-state index contributed by atoms with van der Waals surface area (Å²) in [6.45, 7) is 0.374. The number of pyridine rings is 1. The maximum absolute atomic E-state index is 12.5. The summed E-state index contributed by atoms with van der Waals surface area (Å²) >= 11 is 0. The number of nitrogens with one attached hydrogen (secondary N) is 2. The molecule has 0 aliphatic rings. The number of nitrogens with zero attached hydrogens (tertiary/aromatic N) is 5. The first-order chi connectivity index (χ1) is 11.7. The SMILES string of the molecule is CNC(C(=O)NCc1cccnc1-n1ccnc1)c1cnn(C)c1. The summed E-state index contributed by atoms with van der Waals surface area (Å²) in [6, 6.07) is 3.33. The third-order valence-electron chi connectivity index (χ3n) is 3.68. The van der Waals surface area contributed by atoms with Crippen molar-refractivity contribution >= 4 is 5.91 Å². The molecule has 1 atom stereocenters. The Labute approximate surface area is 139 Å². The largest absolute Gasteiger partial charge is 0.350 e. The summed E-state index contributed by atoms with van der Waals surface area (Å²) in [5.74, 6) is 0.628. The predicted octanol–water partition coefficient (Wildman–Crippen LogP) is 0.578. The lowest BCUT2D eigenvalue weighted by molar-refractivity contribution is -0.123. The molecule has 8 heteroatoms. The zero-order chi connectivity index (χ0) is 16.9. The number of likely N-dealkylation sites (N-methyl/N-ethyl adjacent to an activating group) is 1. The van der Waals surface area contributed by atoms with E-state index in [9.17, 15) is 4.79 Å². The van der Waals surface area contributed by atoms with E-state index in [-0.39, 0.29) is 5.91 Å². The van der Waals surface area contributed by atoms with Gasteiger partial charge in [0.2, 0.25) is 5.91 Å². The van der Waals surface area contributed by atoms with Gasteiger partial charge in [-0.3, -0.25) is 14.0 Å². The first-order valence-corrected chi connectivity index (χ1v) is 7.55. The third kappa shape index (κ3) is 3.33. The van der Waals surface area contributed by atoms with Crippen molar-refractivity contribution in [2.24, 2.45) is 7.05 Å². The van der Waals surface area contributed by atoms with Crippen LogP contribution in [0, 0.1) is 0 Å². The summed E-state index contributed by atoms with van der Waals surface area (Å²) in [4.78, 5) is 20.9. The van der Waals surface area contributed by atoms with Crippen LogP contribution in [0.1, 0.15) is 17.2 Å². The van der Waals surface area contributed by atoms with Crippen molar-refractivity contribution < 1.29 is 4.79 Å². The van der Waals surface area contributed by atoms with Crippen LogP contribution in [0.3, 0.4) is 0 Å². The number of hydrogen-bond acceptors (Lipinski definition) is 5. The van der Waals surface area contributed by atoms with Gasteiger partial charge in [0.1, 0.15) is 18.2 Å². The fourth-order valence-corrected chi connectivity index (χ4v) is 2.51. The number of carbonyl (C=O) groups excluding carboxylic acids is 1. The highest BCUT2D eigenvalue weighted by Crippen LogP contribution is 2.13. The lowest BCUT2D eigenvalue weighted by Crippen LogP contribution is -2.35. The average Bonchev–Trinajstić information content (AvgIpc) is 3.26. The molecular weight excluding hydrogens is 306 g/mol. The molecule has 0 radical (unpaired) electrons. The number of rotatable bonds is 6. The minimum absolute atomic E-state index is 0.120. The van der Waals surface area contributed by atoms with Gasteiger partial charge in [-0.05, 0) is 13.1 Å². The highest BCUT2D eigenvalue weighted by atomic mass is 16.2. The van der Waals surface area contributed by atoms with E-state index >= 15 is 0 Å². The van der Waals surface area contributed by atoms with Crippen LogP contribution in [0.5, 0.6) is 0 Å². The number of amides is 1. The summed E-state index contributed by atoms with van der Waals surface area (Å²) in [5, 5.41) is 10.1. The Morgan fingerprint density at radius 2 is 2.25 bits per heavy atom. The van der Waals surface area contributed by atoms with Crippen molar-refractivity contribution in [1.29, 1.82) is 0 Å². The number of aryl methyl sites for hydroxylation is 1. The summed E-state index contributed by atoms with van der Waals surface area (Å²) in [7, 11) is 3.57. The van der Waals surface area contributed by atoms with Crippen LogP contribution in [0.2, 0.25) is 0 Å². The van der Waals surface area contributed by atoms with Crippen molar-refractivity contribution in [1.82, 2.24) is 34.9 Å². The lowest BCUT2D eigenvalue weighted by atomic mass is 10.1. The standard InChI is InChI=1S/C16H19N7O/c1-17-14(13-9-21-22(2)10-13)16(24)20-8-12-4-3-5-19-15(12)23-7-6-18-11-23/h3-7,9-11,14,17H,8H2,1-2H3,(H,20,24). The normalized spacial score (nSPS) is 12.1. The highest BCUT2D eigenvalue weighted by Gasteiger charge is 2.20. The summed E-state index contributed by atoms with van der Waals surface area (Å²) in [6.07, 6.45) is 10.4. The fourth-order valence-electron chi connectivity index (χ4n) is 2.51. The molecule has 3 aromatic rings. The first-order valence-electron chi connectivity index (χ1n) is 7.55. The van der Waals surface area contributed by atoms with Crippen LogP contribution in [-0.2, 0) is 18.4 Å². The second kappa shape index (κ2) is 7.05. The van der Waals surface area contributed by atoms with E-state index in [2.05, 4.69) is 25.7 Å². The maximum Gasteiger partial charge on any atom is 0.242 e. The van der Waals surface area contributed by atoms with E-state index in [1.807, 2.05) is 36.1 Å². The van der Waals surface area contributed by atoms with Crippen molar-refractivity contribution in [2.45, 2.75) is 12.6 Å². The molecule has 0 aliphatic carbocycles. The minimum Gasteiger partial charge on any atom is -0.350 e. The topological polar surface area (TPSA) is 89.7 Å². The van der Waals surface area contributed by atoms with E-state index in [1.165, 1.54) is 0 Å². The quantitative estimate of drug-likeness (QED) is 0.692. The molecule has 2 N–H and O–H groups in total. The van der Waals surface area contributed by atoms with Gasteiger partial charge in [-0.15, -0.1) is 0 Å². The van der Waals surface area contributed by atoms with Crippen molar-refractivity contribution in [3.05, 3.63) is 60.6 Å². The second-order valence-corrected chi connectivity index (χ2v) is 5.34. The Morgan fingerprint density at radius 3 is 2.92 bits per heavy atom. The monoisotopic (exact) mass is 325 g/mol. The Hall–Kier alpha value is -3.00. The molecule has 3 heterocycles. The van der Waals surface area contributed by atoms with E-state index < -0.39 is 6.04 Å². The Balaban J connectivity index is 1.73. The molecule has 0 aromatic carbocycles. The van der Waals surface area contributed by atoms with E-state index in [4.69, 9.17) is 0 Å². The van der Waals surface area contributed by atoms with Gasteiger partial charge < -0.3 is 10.6 Å². The van der Waals surface area contributed by atoms with Crippen LogP contribution in [0.4, 0.5) is 0 Å². The Morgan fingerprint density at radius 1 is 1.38 bits per heavy atom. The van der Waals surface area contributed by atoms with Gasteiger partial charge >= 0.3 is 0 Å². The zero-order valence-electron chi connectivity index (χ0n) is 13.5. The number of imidazole rings is 1. The van der Waals surface area contributed by atoms with Crippen molar-refractivity contribution in [3.63, 3.8) is 0 Å². The smallest absolute Gasteiger partial charge is 0.242 e. The summed E-state index contributed by atoms with van der Waals surface area (Å²) in [5.41, 5.74) is 1.73. The second-order valence-electron chi connectivity index (χ2n) is 5.34. The van der Waals surface area contributed by atoms with E-state index in [0.717, 1.165) is 16.9 Å². The first kappa shape index (κ1) is 15.9. The van der Waals surface area contributed by atoms with Crippen molar-refractivity contribution in [2.75, 3.05) is 7.05 Å². The maximum atomic E-state index is 12.5. The predicted molar refractivity (Wildman–Crippen MR) is 88.2 cm³/mol. The van der Waals surface area contributed by atoms with Crippen LogP contribution in [0.25, 0.3) is 5.82 Å². The molecule has 0 saturated heterocycles. The molecule has 3 aromatic heterocycles. The molecule has 3 rings (SSSR count). The molecule has 1 amide bonds. The molecule has 0 bridgehead atoms. The van der Waals surface area contributed by atoms with E-state index in [1.54, 1.807) is 36.6 Å². The highest BCUT2D eigenvalue weighted by molar-refractivity contribution is 5.83. The molecule has 0 fully saturated rings. The number of carbonyl (C=O) groups is 1. The molecule has 124 valence electrons. The number of aromatic nitrogens is 5. The Kier molecular flexibility index (Phi) is 4.66. The number of hydrogen-bond donors (Lipinski definition) is 2. The lowest BCUT2D eigenvalue weighted by Gasteiger charge is -2.15. The van der Waals surface area contributed by atoms with Gasteiger partial charge in [0.15, 0.2) is 0 Å². The zero-order valence-corrected chi connectivity index (χ0v) is 13.5. The molecule has 1 unspecified atom stereocenters. The van der Waals surface area contributed by atoms with Gasteiger partial charge in [0, 0.05) is 49.5 Å². The fraction of sp³-hybridized carbons (Fsp3) is 0.250. The molecule has 24 heavy (non-hydrogen) atoms. The Bertz CT molecular complexity index is 809. The average molecular weight is 325 g/mol. The van der Waals surface area contributed by atoms with Crippen molar-refractivity contribution in [3.8, 4) is 5.82 Å². The third-order valence-corrected chi connectivity index (χ3v) is 3.68. The summed E-state index contributed by atoms with van der Waals surface area (Å²) < 4.78 is 3.49. The van der Waals surface area contributed by atoms with Crippen LogP contribution in [-0.4, -0.2) is 37.3 Å². The molecule has 0 spiro atoms. The minimum atomic E-state index is -0.452. The van der Waals surface area contributed by atoms with Crippen LogP contribution >= 0.6 is 0 Å². The van der Waals surface area contributed by atoms with Crippen LogP contribution < -0.4 is 10.6 Å².